The van der Waals surface area contributed by atoms with Crippen molar-refractivity contribution in [1.82, 2.24) is 19.8 Å². The fraction of sp³-hybridized carbons (Fsp3) is 0.118. The summed E-state index contributed by atoms with van der Waals surface area (Å²) >= 11 is 7.34. The summed E-state index contributed by atoms with van der Waals surface area (Å²) in [6, 6.07) is 15.0. The molecule has 0 atom stereocenters. The minimum atomic E-state index is -3.75. The molecule has 4 rings (SSSR count). The largest absolute Gasteiger partial charge is 0.266 e. The SMILES string of the molecule is O=S(=O)(c1ccccc1)N(CCc1nnc2scnn12)c1ccc(Cl)cc1. The Kier molecular flexibility index (Phi) is 4.81. The van der Waals surface area contributed by atoms with E-state index < -0.39 is 10.0 Å². The van der Waals surface area contributed by atoms with Crippen LogP contribution in [0.5, 0.6) is 0 Å². The Balaban J connectivity index is 1.70. The second kappa shape index (κ2) is 7.26. The van der Waals surface area contributed by atoms with Crippen molar-refractivity contribution in [3.05, 3.63) is 71.0 Å². The van der Waals surface area contributed by atoms with Crippen LogP contribution >= 0.6 is 22.9 Å². The van der Waals surface area contributed by atoms with Gasteiger partial charge in [-0.25, -0.2) is 8.42 Å². The van der Waals surface area contributed by atoms with Crippen LogP contribution in [-0.2, 0) is 16.4 Å². The molecule has 0 bridgehead atoms. The van der Waals surface area contributed by atoms with Crippen molar-refractivity contribution in [2.24, 2.45) is 0 Å². The van der Waals surface area contributed by atoms with Crippen LogP contribution in [-0.4, -0.2) is 34.8 Å². The molecule has 0 amide bonds. The lowest BCUT2D eigenvalue weighted by Crippen LogP contribution is -2.33. The number of rotatable bonds is 6. The number of anilines is 1. The van der Waals surface area contributed by atoms with E-state index in [0.29, 0.717) is 27.9 Å². The van der Waals surface area contributed by atoms with Crippen LogP contribution in [0.15, 0.2) is 65.0 Å². The highest BCUT2D eigenvalue weighted by atomic mass is 35.5. The van der Waals surface area contributed by atoms with E-state index in [1.807, 2.05) is 0 Å². The number of halogens is 1. The van der Waals surface area contributed by atoms with Gasteiger partial charge in [0.05, 0.1) is 10.6 Å². The van der Waals surface area contributed by atoms with Crippen molar-refractivity contribution in [2.75, 3.05) is 10.8 Å². The summed E-state index contributed by atoms with van der Waals surface area (Å²) in [5.74, 6) is 0.605. The Morgan fingerprint density at radius 3 is 2.52 bits per heavy atom. The molecule has 2 aromatic heterocycles. The van der Waals surface area contributed by atoms with Crippen molar-refractivity contribution >= 4 is 43.6 Å². The molecule has 2 aromatic carbocycles. The number of aromatic nitrogens is 4. The van der Waals surface area contributed by atoms with E-state index >= 15 is 0 Å². The second-order valence-electron chi connectivity index (χ2n) is 5.67. The Morgan fingerprint density at radius 2 is 1.78 bits per heavy atom. The monoisotopic (exact) mass is 419 g/mol. The summed E-state index contributed by atoms with van der Waals surface area (Å²) in [5, 5.41) is 12.9. The number of sulfonamides is 1. The quantitative estimate of drug-likeness (QED) is 0.479. The van der Waals surface area contributed by atoms with E-state index in [1.54, 1.807) is 64.6 Å². The zero-order chi connectivity index (χ0) is 18.9. The summed E-state index contributed by atoms with van der Waals surface area (Å²) in [5.41, 5.74) is 2.20. The van der Waals surface area contributed by atoms with Gasteiger partial charge in [-0.3, -0.25) is 4.31 Å². The van der Waals surface area contributed by atoms with Crippen LogP contribution in [0.1, 0.15) is 5.82 Å². The molecule has 7 nitrogen and oxygen atoms in total. The van der Waals surface area contributed by atoms with Gasteiger partial charge >= 0.3 is 0 Å². The fourth-order valence-electron chi connectivity index (χ4n) is 2.68. The molecule has 10 heteroatoms. The van der Waals surface area contributed by atoms with Crippen LogP contribution < -0.4 is 4.31 Å². The third-order valence-electron chi connectivity index (χ3n) is 3.98. The molecule has 0 radical (unpaired) electrons. The maximum absolute atomic E-state index is 13.2. The van der Waals surface area contributed by atoms with Gasteiger partial charge in [-0.1, -0.05) is 41.1 Å². The normalized spacial score (nSPS) is 11.7. The van der Waals surface area contributed by atoms with Gasteiger partial charge in [0.15, 0.2) is 5.82 Å². The van der Waals surface area contributed by atoms with E-state index in [1.165, 1.54) is 15.6 Å². The molecule has 0 aliphatic heterocycles. The van der Waals surface area contributed by atoms with Gasteiger partial charge in [0, 0.05) is 18.0 Å². The molecule has 0 fully saturated rings. The number of hydrogen-bond donors (Lipinski definition) is 0. The maximum atomic E-state index is 13.2. The lowest BCUT2D eigenvalue weighted by Gasteiger charge is -2.24. The zero-order valence-electron chi connectivity index (χ0n) is 13.9. The first-order valence-electron chi connectivity index (χ1n) is 8.03. The zero-order valence-corrected chi connectivity index (χ0v) is 16.3. The van der Waals surface area contributed by atoms with Gasteiger partial charge in [0.2, 0.25) is 4.96 Å². The van der Waals surface area contributed by atoms with Gasteiger partial charge in [-0.05, 0) is 36.4 Å². The van der Waals surface area contributed by atoms with Crippen molar-refractivity contribution in [3.8, 4) is 0 Å². The summed E-state index contributed by atoms with van der Waals surface area (Å²) in [7, 11) is -3.75. The molecule has 27 heavy (non-hydrogen) atoms. The van der Waals surface area contributed by atoms with Gasteiger partial charge in [-0.15, -0.1) is 10.2 Å². The Morgan fingerprint density at radius 1 is 1.04 bits per heavy atom. The highest BCUT2D eigenvalue weighted by Gasteiger charge is 2.25. The molecule has 2 heterocycles. The molecular weight excluding hydrogens is 406 g/mol. The van der Waals surface area contributed by atoms with Crippen molar-refractivity contribution < 1.29 is 8.42 Å². The van der Waals surface area contributed by atoms with Crippen LogP contribution in [0.4, 0.5) is 5.69 Å². The van der Waals surface area contributed by atoms with E-state index in [0.717, 1.165) is 0 Å². The maximum Gasteiger partial charge on any atom is 0.264 e. The van der Waals surface area contributed by atoms with E-state index in [4.69, 9.17) is 11.6 Å². The average Bonchev–Trinajstić information content (AvgIpc) is 3.28. The van der Waals surface area contributed by atoms with Gasteiger partial charge < -0.3 is 0 Å². The van der Waals surface area contributed by atoms with Gasteiger partial charge in [0.25, 0.3) is 10.0 Å². The average molecular weight is 420 g/mol. The summed E-state index contributed by atoms with van der Waals surface area (Å²) in [4.78, 5) is 0.897. The minimum absolute atomic E-state index is 0.192. The lowest BCUT2D eigenvalue weighted by atomic mass is 10.3. The molecular formula is C17H14ClN5O2S2. The Hall–Kier alpha value is -2.49. The number of hydrogen-bond acceptors (Lipinski definition) is 6. The van der Waals surface area contributed by atoms with Crippen molar-refractivity contribution in [3.63, 3.8) is 0 Å². The molecule has 138 valence electrons. The predicted molar refractivity (Wildman–Crippen MR) is 105 cm³/mol. The van der Waals surface area contributed by atoms with Crippen molar-refractivity contribution in [1.29, 1.82) is 0 Å². The van der Waals surface area contributed by atoms with Crippen LogP contribution in [0.2, 0.25) is 5.02 Å². The molecule has 0 spiro atoms. The first-order valence-corrected chi connectivity index (χ1v) is 10.7. The third-order valence-corrected chi connectivity index (χ3v) is 6.74. The summed E-state index contributed by atoms with van der Waals surface area (Å²) in [6.45, 7) is 0.192. The summed E-state index contributed by atoms with van der Waals surface area (Å²) in [6.07, 6.45) is 0.361. The van der Waals surface area contributed by atoms with Gasteiger partial charge in [0.1, 0.15) is 5.51 Å². The third kappa shape index (κ3) is 3.53. The number of benzene rings is 2. The Labute approximate surface area is 164 Å². The number of nitrogens with zero attached hydrogens (tertiary/aromatic N) is 5. The summed E-state index contributed by atoms with van der Waals surface area (Å²) < 4.78 is 29.4. The van der Waals surface area contributed by atoms with E-state index in [9.17, 15) is 8.42 Å². The molecule has 0 aliphatic rings. The minimum Gasteiger partial charge on any atom is -0.266 e. The first-order chi connectivity index (χ1) is 13.1. The van der Waals surface area contributed by atoms with Gasteiger partial charge in [-0.2, -0.15) is 9.61 Å². The first kappa shape index (κ1) is 17.9. The van der Waals surface area contributed by atoms with E-state index in [2.05, 4.69) is 15.3 Å². The molecule has 0 saturated heterocycles. The van der Waals surface area contributed by atoms with E-state index in [-0.39, 0.29) is 11.4 Å². The second-order valence-corrected chi connectivity index (χ2v) is 8.78. The van der Waals surface area contributed by atoms with Crippen LogP contribution in [0.25, 0.3) is 4.96 Å². The van der Waals surface area contributed by atoms with Crippen LogP contribution in [0, 0.1) is 0 Å². The molecule has 4 aromatic rings. The molecule has 0 N–H and O–H groups in total. The standard InChI is InChI=1S/C17H14ClN5O2S2/c18-13-6-8-14(9-7-13)22(27(24,25)15-4-2-1-3-5-15)11-10-16-20-21-17-23(16)19-12-26-17/h1-9,12H,10-11H2. The lowest BCUT2D eigenvalue weighted by molar-refractivity contribution is 0.590. The smallest absolute Gasteiger partial charge is 0.264 e. The number of fused-ring (bicyclic) bond motifs is 1. The topological polar surface area (TPSA) is 80.5 Å². The molecule has 0 unspecified atom stereocenters. The predicted octanol–water partition coefficient (Wildman–Crippen LogP) is 3.28. The fourth-order valence-corrected chi connectivity index (χ4v) is 4.86. The molecule has 0 aliphatic carbocycles. The highest BCUT2D eigenvalue weighted by molar-refractivity contribution is 7.92. The van der Waals surface area contributed by atoms with Crippen LogP contribution in [0.3, 0.4) is 0 Å². The highest BCUT2D eigenvalue weighted by Crippen LogP contribution is 2.25. The Bertz CT molecular complexity index is 1160. The molecule has 0 saturated carbocycles. The van der Waals surface area contributed by atoms with Crippen molar-refractivity contribution in [2.45, 2.75) is 11.3 Å².